The molecule has 0 N–H and O–H groups in total. The predicted molar refractivity (Wildman–Crippen MR) is 97.4 cm³/mol. The molecule has 1 aromatic rings. The van der Waals surface area contributed by atoms with E-state index in [0.29, 0.717) is 18.5 Å². The first kappa shape index (κ1) is 21.7. The summed E-state index contributed by atoms with van der Waals surface area (Å²) in [5.41, 5.74) is 1.94. The molecule has 5 nitrogen and oxygen atoms in total. The third kappa shape index (κ3) is 10.5. The Morgan fingerprint density at radius 2 is 1.38 bits per heavy atom. The number of benzene rings is 1. The van der Waals surface area contributed by atoms with Crippen LogP contribution in [0, 0.1) is 11.3 Å². The Morgan fingerprint density at radius 1 is 0.917 bits per heavy atom. The molecule has 0 spiro atoms. The number of nitrogens with zero attached hydrogens (tertiary/aromatic N) is 5. The average Bonchev–Trinajstić information content (AvgIpc) is 2.59. The van der Waals surface area contributed by atoms with Crippen molar-refractivity contribution in [2.24, 2.45) is 0 Å². The normalized spacial score (nSPS) is 17.7. The van der Waals surface area contributed by atoms with Gasteiger partial charge in [0.2, 0.25) is 0 Å². The SMILES string of the molecule is N#Cc1ccc(CN2CC[N-]CC[N-]CC[N-]CC2)cc1.[Cl][Co][Cl]. The van der Waals surface area contributed by atoms with Crippen molar-refractivity contribution in [3.63, 3.8) is 0 Å². The summed E-state index contributed by atoms with van der Waals surface area (Å²) in [7, 11) is 9.47. The van der Waals surface area contributed by atoms with Crippen LogP contribution in [0.1, 0.15) is 11.1 Å². The summed E-state index contributed by atoms with van der Waals surface area (Å²) in [6.45, 7) is 7.80. The zero-order valence-corrected chi connectivity index (χ0v) is 16.1. The van der Waals surface area contributed by atoms with Gasteiger partial charge in [0.25, 0.3) is 0 Å². The molecule has 0 radical (unpaired) electrons. The molecule has 2 rings (SSSR count). The van der Waals surface area contributed by atoms with E-state index in [4.69, 9.17) is 25.6 Å². The van der Waals surface area contributed by atoms with Gasteiger partial charge in [-0.3, -0.25) is 0 Å². The topological polar surface area (TPSA) is 69.3 Å². The molecular formula is C16H22Cl2CoN5-3. The summed E-state index contributed by atoms with van der Waals surface area (Å²) in [6.07, 6.45) is 0. The molecule has 0 atom stereocenters. The Labute approximate surface area is 159 Å². The quantitative estimate of drug-likeness (QED) is 0.738. The fraction of sp³-hybridized carbons (Fsp3) is 0.562. The first-order valence-corrected chi connectivity index (χ1v) is 10.6. The van der Waals surface area contributed by atoms with Gasteiger partial charge in [0.15, 0.2) is 0 Å². The van der Waals surface area contributed by atoms with Gasteiger partial charge in [-0.1, -0.05) is 12.1 Å². The molecular weight excluding hydrogens is 392 g/mol. The van der Waals surface area contributed by atoms with E-state index in [1.54, 1.807) is 0 Å². The van der Waals surface area contributed by atoms with Crippen LogP contribution in [-0.2, 0) is 19.4 Å². The van der Waals surface area contributed by atoms with E-state index in [-0.39, 0.29) is 0 Å². The molecule has 0 aromatic heterocycles. The summed E-state index contributed by atoms with van der Waals surface area (Å²) in [4.78, 5) is 2.38. The summed E-state index contributed by atoms with van der Waals surface area (Å²) in [6, 6.07) is 9.97. The zero-order chi connectivity index (χ0) is 17.5. The molecule has 137 valence electrons. The molecule has 0 saturated carbocycles. The third-order valence-corrected chi connectivity index (χ3v) is 3.47. The summed E-state index contributed by atoms with van der Waals surface area (Å²) in [5.74, 6) is 0. The van der Waals surface area contributed by atoms with Crippen LogP contribution < -0.4 is 0 Å². The standard InChI is InChI=1S/C16H22N5.2ClH.Co/c17-13-15-1-3-16(4-2-15)14-21-11-9-19-7-5-18-6-8-20-10-12-21;;;/h1-4H,5-12,14H2;2*1H;/q-3;;;+2/p-2. The molecule has 0 amide bonds. The Bertz CT molecular complexity index is 455. The van der Waals surface area contributed by atoms with Gasteiger partial charge in [-0.2, -0.15) is 31.4 Å². The van der Waals surface area contributed by atoms with Crippen LogP contribution in [0.4, 0.5) is 0 Å². The molecule has 0 aliphatic carbocycles. The molecule has 1 saturated heterocycles. The number of halogens is 2. The first-order chi connectivity index (χ1) is 11.8. The maximum absolute atomic E-state index is 8.83. The monoisotopic (exact) mass is 413 g/mol. The van der Waals surface area contributed by atoms with E-state index in [1.165, 1.54) is 5.56 Å². The van der Waals surface area contributed by atoms with Crippen LogP contribution in [0.15, 0.2) is 24.3 Å². The van der Waals surface area contributed by atoms with Crippen molar-refractivity contribution >= 4 is 20.3 Å². The van der Waals surface area contributed by atoms with Crippen LogP contribution in [0.5, 0.6) is 0 Å². The van der Waals surface area contributed by atoms with Gasteiger partial charge >= 0.3 is 33.2 Å². The Kier molecular flexibility index (Phi) is 13.5. The fourth-order valence-electron chi connectivity index (χ4n) is 2.26. The van der Waals surface area contributed by atoms with Crippen LogP contribution in [0.2, 0.25) is 0 Å². The molecule has 0 bridgehead atoms. The van der Waals surface area contributed by atoms with E-state index in [0.717, 1.165) is 58.9 Å². The second-order valence-corrected chi connectivity index (χ2v) is 6.86. The molecule has 1 aliphatic heterocycles. The molecule has 1 fully saturated rings. The summed E-state index contributed by atoms with van der Waals surface area (Å²) >= 11 is 0.382. The van der Waals surface area contributed by atoms with Crippen molar-refractivity contribution in [1.82, 2.24) is 4.90 Å². The molecule has 0 unspecified atom stereocenters. The number of nitriles is 1. The van der Waals surface area contributed by atoms with Crippen molar-refractivity contribution in [3.05, 3.63) is 51.3 Å². The molecule has 1 heterocycles. The predicted octanol–water partition coefficient (Wildman–Crippen LogP) is 3.87. The summed E-state index contributed by atoms with van der Waals surface area (Å²) < 4.78 is 0. The number of hydrogen-bond acceptors (Lipinski definition) is 2. The second kappa shape index (κ2) is 14.9. The first-order valence-electron chi connectivity index (χ1n) is 7.75. The van der Waals surface area contributed by atoms with Crippen molar-refractivity contribution in [2.45, 2.75) is 6.54 Å². The van der Waals surface area contributed by atoms with Crippen molar-refractivity contribution < 1.29 is 12.9 Å². The summed E-state index contributed by atoms with van der Waals surface area (Å²) in [5, 5.41) is 22.2. The number of rotatable bonds is 2. The van der Waals surface area contributed by atoms with Crippen LogP contribution in [-0.4, -0.2) is 57.3 Å². The Hall–Kier alpha value is -0.364. The van der Waals surface area contributed by atoms with Gasteiger partial charge in [-0.25, -0.2) is 0 Å². The van der Waals surface area contributed by atoms with Gasteiger partial charge in [-0.15, -0.1) is 13.1 Å². The third-order valence-electron chi connectivity index (χ3n) is 3.47. The number of hydrogen-bond donors (Lipinski definition) is 0. The maximum atomic E-state index is 8.83. The zero-order valence-electron chi connectivity index (χ0n) is 13.5. The minimum atomic E-state index is 0.382. The van der Waals surface area contributed by atoms with E-state index in [9.17, 15) is 0 Å². The molecule has 1 aliphatic rings. The average molecular weight is 414 g/mol. The Balaban J connectivity index is 0.000000891. The van der Waals surface area contributed by atoms with Crippen molar-refractivity contribution in [3.8, 4) is 6.07 Å². The van der Waals surface area contributed by atoms with Gasteiger partial charge in [0.1, 0.15) is 0 Å². The van der Waals surface area contributed by atoms with Crippen LogP contribution in [0.25, 0.3) is 16.0 Å². The van der Waals surface area contributed by atoms with Crippen molar-refractivity contribution in [1.29, 1.82) is 5.26 Å². The van der Waals surface area contributed by atoms with Crippen molar-refractivity contribution in [2.75, 3.05) is 52.4 Å². The van der Waals surface area contributed by atoms with E-state index in [1.807, 2.05) is 24.3 Å². The van der Waals surface area contributed by atoms with E-state index in [2.05, 4.69) is 26.9 Å². The fourth-order valence-corrected chi connectivity index (χ4v) is 2.26. The van der Waals surface area contributed by atoms with E-state index < -0.39 is 0 Å². The Morgan fingerprint density at radius 3 is 1.83 bits per heavy atom. The van der Waals surface area contributed by atoms with Gasteiger partial charge in [-0.05, 0) is 30.8 Å². The second-order valence-electron chi connectivity index (χ2n) is 5.14. The molecule has 24 heavy (non-hydrogen) atoms. The van der Waals surface area contributed by atoms with E-state index >= 15 is 0 Å². The molecule has 8 heteroatoms. The van der Waals surface area contributed by atoms with Crippen LogP contribution >= 0.6 is 20.3 Å². The molecule has 1 aromatic carbocycles. The van der Waals surface area contributed by atoms with Gasteiger partial charge in [0, 0.05) is 6.54 Å². The van der Waals surface area contributed by atoms with Crippen LogP contribution in [0.3, 0.4) is 0 Å². The van der Waals surface area contributed by atoms with Gasteiger partial charge < -0.3 is 20.9 Å². The van der Waals surface area contributed by atoms with Gasteiger partial charge in [0.05, 0.1) is 11.6 Å². The minimum absolute atomic E-state index is 0.382.